The van der Waals surface area contributed by atoms with Gasteiger partial charge in [0.2, 0.25) is 0 Å². The number of carbonyl (C=O) groups is 1. The van der Waals surface area contributed by atoms with Crippen LogP contribution in [-0.4, -0.2) is 80.7 Å². The smallest absolute Gasteiger partial charge is 0.459 e. The number of nitrogens with one attached hydrogen (secondary N) is 1. The highest BCUT2D eigenvalue weighted by molar-refractivity contribution is 7.52. The normalized spacial score (nSPS) is 26.8. The highest BCUT2D eigenvalue weighted by Gasteiger charge is 2.62. The maximum Gasteiger partial charge on any atom is 0.459 e. The van der Waals surface area contributed by atoms with E-state index in [4.69, 9.17) is 35.6 Å². The number of aliphatic hydroxyl groups excluding tert-OH is 2. The van der Waals surface area contributed by atoms with Gasteiger partial charge in [-0.25, -0.2) is 20.6 Å². The fourth-order valence-electron chi connectivity index (χ4n) is 4.70. The molecule has 224 valence electrons. The van der Waals surface area contributed by atoms with Crippen molar-refractivity contribution in [3.8, 4) is 5.75 Å². The molecule has 1 aromatic carbocycles. The van der Waals surface area contributed by atoms with Crippen LogP contribution in [0.5, 0.6) is 5.75 Å². The second-order valence-corrected chi connectivity index (χ2v) is 11.6. The lowest BCUT2D eigenvalue weighted by atomic mass is 10.0. The largest absolute Gasteiger partial charge is 0.461 e. The molecule has 42 heavy (non-hydrogen) atoms. The van der Waals surface area contributed by atoms with Crippen molar-refractivity contribution in [2.75, 3.05) is 25.6 Å². The molecular weight excluding hydrogens is 571 g/mol. The van der Waals surface area contributed by atoms with Gasteiger partial charge in [-0.05, 0) is 31.2 Å². The molecule has 0 radical (unpaired) electrons. The number of aliphatic hydroxyl groups is 2. The van der Waals surface area contributed by atoms with Crippen LogP contribution in [-0.2, 0) is 28.1 Å². The van der Waals surface area contributed by atoms with E-state index in [9.17, 15) is 19.6 Å². The van der Waals surface area contributed by atoms with Crippen molar-refractivity contribution in [3.63, 3.8) is 0 Å². The van der Waals surface area contributed by atoms with Crippen LogP contribution in [0, 0.1) is 6.57 Å². The van der Waals surface area contributed by atoms with Gasteiger partial charge in [-0.3, -0.25) is 18.9 Å². The molecule has 3 aromatic rings. The third-order valence-corrected chi connectivity index (χ3v) is 8.61. The van der Waals surface area contributed by atoms with Crippen LogP contribution >= 0.6 is 7.75 Å². The minimum absolute atomic E-state index is 0.151. The lowest BCUT2D eigenvalue weighted by Crippen LogP contribution is -2.45. The topological polar surface area (TPSA) is 193 Å². The van der Waals surface area contributed by atoms with E-state index < -0.39 is 50.4 Å². The van der Waals surface area contributed by atoms with Gasteiger partial charge in [0.25, 0.3) is 0 Å². The lowest BCUT2D eigenvalue weighted by molar-refractivity contribution is -0.154. The van der Waals surface area contributed by atoms with E-state index in [1.807, 2.05) is 0 Å². The lowest BCUT2D eigenvalue weighted by Gasteiger charge is -2.27. The second-order valence-electron chi connectivity index (χ2n) is 9.91. The molecule has 2 aliphatic heterocycles. The van der Waals surface area contributed by atoms with Crippen molar-refractivity contribution in [1.29, 1.82) is 0 Å². The van der Waals surface area contributed by atoms with Gasteiger partial charge in [0, 0.05) is 12.8 Å². The molecule has 5 N–H and O–H groups in total. The summed E-state index contributed by atoms with van der Waals surface area (Å²) in [5.74, 6) is -0.354. The van der Waals surface area contributed by atoms with E-state index in [0.717, 1.165) is 0 Å². The maximum absolute atomic E-state index is 14.0. The van der Waals surface area contributed by atoms with Crippen molar-refractivity contribution in [1.82, 2.24) is 19.7 Å². The van der Waals surface area contributed by atoms with Crippen molar-refractivity contribution in [3.05, 3.63) is 65.9 Å². The number of rotatable bonds is 10. The Labute approximate surface area is 240 Å². The number of hydrogen-bond acceptors (Lipinski definition) is 12. The number of anilines is 1. The average Bonchev–Trinajstić information content (AvgIpc) is 3.53. The number of fused-ring (bicyclic) bond motifs is 1. The summed E-state index contributed by atoms with van der Waals surface area (Å²) in [6, 6.07) is 10.1. The summed E-state index contributed by atoms with van der Waals surface area (Å²) in [7, 11) is -4.42. The van der Waals surface area contributed by atoms with E-state index in [2.05, 4.69) is 20.0 Å². The van der Waals surface area contributed by atoms with E-state index in [-0.39, 0.29) is 17.7 Å². The van der Waals surface area contributed by atoms with Gasteiger partial charge < -0.3 is 29.9 Å². The third kappa shape index (κ3) is 6.11. The molecule has 6 atom stereocenters. The first-order valence-electron chi connectivity index (χ1n) is 13.2. The number of ether oxygens (including phenoxy) is 3. The Morgan fingerprint density at radius 3 is 2.74 bits per heavy atom. The van der Waals surface area contributed by atoms with Crippen LogP contribution in [0.4, 0.5) is 5.82 Å². The number of aromatic nitrogens is 3. The zero-order valence-corrected chi connectivity index (χ0v) is 23.5. The number of carbonyl (C=O) groups excluding carboxylic acids is 1. The number of hydrogen-bond donors (Lipinski definition) is 4. The zero-order chi connectivity index (χ0) is 29.9. The third-order valence-electron chi connectivity index (χ3n) is 6.99. The summed E-state index contributed by atoms with van der Waals surface area (Å²) >= 11 is 0. The molecule has 0 aliphatic carbocycles. The molecule has 2 aromatic heterocycles. The summed E-state index contributed by atoms with van der Waals surface area (Å²) < 4.78 is 43.4. The predicted octanol–water partition coefficient (Wildman–Crippen LogP) is 1.62. The molecule has 0 unspecified atom stereocenters. The number of benzene rings is 1. The Morgan fingerprint density at radius 2 is 2.02 bits per heavy atom. The molecular formula is C26H31N6O9P. The Balaban J connectivity index is 1.35. The van der Waals surface area contributed by atoms with Crippen molar-refractivity contribution >= 4 is 25.1 Å². The highest BCUT2D eigenvalue weighted by atomic mass is 31.2. The first kappa shape index (κ1) is 29.9. The predicted molar refractivity (Wildman–Crippen MR) is 146 cm³/mol. The molecule has 2 saturated heterocycles. The minimum atomic E-state index is -4.42. The number of nitrogen functional groups attached to an aromatic ring is 1. The van der Waals surface area contributed by atoms with Crippen LogP contribution in [0.1, 0.15) is 31.6 Å². The number of nitrogens with zero attached hydrogens (tertiary/aromatic N) is 4. The average molecular weight is 603 g/mol. The van der Waals surface area contributed by atoms with Gasteiger partial charge in [-0.1, -0.05) is 18.2 Å². The summed E-state index contributed by atoms with van der Waals surface area (Å²) in [5.41, 5.74) is 4.43. The number of nitrogens with two attached hydrogens (primary N) is 1. The molecule has 0 saturated carbocycles. The Bertz CT molecular complexity index is 1490. The fourth-order valence-corrected chi connectivity index (χ4v) is 6.21. The molecule has 0 amide bonds. The molecule has 16 heteroatoms. The van der Waals surface area contributed by atoms with Crippen molar-refractivity contribution in [2.45, 2.75) is 55.9 Å². The standard InChI is InChI=1S/C26H31N6O9P/c1-16(25(35)39-17-10-12-37-13-11-17)31-42(36,41-18-6-4-3-5-7-18)38-14-26(28-2)23(34)21(33)22(40-26)19-8-9-20-24(27)29-15-30-32(19)20/h3-9,15-17,21-23,33-34H,10-14H2,1H3,(H,31,36)(H2,27,29,30)/t16-,21-,22-,23-,26+,42+/m0/s1. The summed E-state index contributed by atoms with van der Waals surface area (Å²) in [6.45, 7) is 9.38. The van der Waals surface area contributed by atoms with Crippen LogP contribution in [0.25, 0.3) is 10.4 Å². The molecule has 2 fully saturated rings. The van der Waals surface area contributed by atoms with Crippen molar-refractivity contribution < 1.29 is 42.8 Å². The van der Waals surface area contributed by atoms with Gasteiger partial charge in [0.1, 0.15) is 41.9 Å². The first-order valence-corrected chi connectivity index (χ1v) is 14.7. The molecule has 0 bridgehead atoms. The van der Waals surface area contributed by atoms with Crippen LogP contribution in [0.15, 0.2) is 48.8 Å². The Hall–Kier alpha value is -3.61. The molecule has 0 spiro atoms. The molecule has 2 aliphatic rings. The molecule has 5 rings (SSSR count). The quantitative estimate of drug-likeness (QED) is 0.149. The summed E-state index contributed by atoms with van der Waals surface area (Å²) in [6.07, 6.45) is -2.67. The monoisotopic (exact) mass is 602 g/mol. The van der Waals surface area contributed by atoms with E-state index >= 15 is 0 Å². The summed E-state index contributed by atoms with van der Waals surface area (Å²) in [4.78, 5) is 20.1. The first-order chi connectivity index (χ1) is 20.1. The van der Waals surface area contributed by atoms with Crippen LogP contribution < -0.4 is 15.3 Å². The Morgan fingerprint density at radius 1 is 1.29 bits per heavy atom. The van der Waals surface area contributed by atoms with Gasteiger partial charge in [-0.2, -0.15) is 10.2 Å². The van der Waals surface area contributed by atoms with E-state index in [1.54, 1.807) is 30.3 Å². The van der Waals surface area contributed by atoms with Gasteiger partial charge in [-0.15, -0.1) is 0 Å². The number of esters is 1. The second kappa shape index (κ2) is 12.3. The van der Waals surface area contributed by atoms with E-state index in [0.29, 0.717) is 37.3 Å². The SMILES string of the molecule is [C-]#[N+][C@]1(CO[P@](=O)(N[C@@H](C)C(=O)OC2CCOCC2)Oc2ccccc2)O[C@@H](c2ccc3c(N)ncnn23)[C@H](O)[C@@H]1O. The highest BCUT2D eigenvalue weighted by Crippen LogP contribution is 2.49. The van der Waals surface area contributed by atoms with Gasteiger partial charge >= 0.3 is 19.4 Å². The van der Waals surface area contributed by atoms with Crippen LogP contribution in [0.2, 0.25) is 0 Å². The maximum atomic E-state index is 14.0. The minimum Gasteiger partial charge on any atom is -0.461 e. The van der Waals surface area contributed by atoms with Crippen LogP contribution in [0.3, 0.4) is 0 Å². The van der Waals surface area contributed by atoms with Gasteiger partial charge in [0.05, 0.1) is 18.9 Å². The van der Waals surface area contributed by atoms with Crippen molar-refractivity contribution in [2.24, 2.45) is 0 Å². The molecule has 15 nitrogen and oxygen atoms in total. The fraction of sp³-hybridized carbons (Fsp3) is 0.462. The van der Waals surface area contributed by atoms with Gasteiger partial charge in [0.15, 0.2) is 18.5 Å². The Kier molecular flexibility index (Phi) is 8.76. The molecule has 4 heterocycles. The summed E-state index contributed by atoms with van der Waals surface area (Å²) in [5, 5.41) is 28.6. The van der Waals surface area contributed by atoms with E-state index in [1.165, 1.54) is 29.9 Å². The zero-order valence-electron chi connectivity index (χ0n) is 22.6. The number of para-hydroxylation sites is 1.